The van der Waals surface area contributed by atoms with Gasteiger partial charge in [-0.05, 0) is 24.1 Å². The van der Waals surface area contributed by atoms with Gasteiger partial charge in [-0.3, -0.25) is 0 Å². The third kappa shape index (κ3) is 5.28. The zero-order chi connectivity index (χ0) is 15.6. The monoisotopic (exact) mass is 298 g/mol. The second-order valence-corrected chi connectivity index (χ2v) is 4.56. The Bertz CT molecular complexity index is 627. The molecule has 0 unspecified atom stereocenters. The van der Waals surface area contributed by atoms with E-state index in [0.717, 1.165) is 16.9 Å². The number of hydrogen-bond donors (Lipinski definition) is 1. The van der Waals surface area contributed by atoms with E-state index >= 15 is 0 Å². The lowest BCUT2D eigenvalue weighted by Gasteiger charge is -2.06. The summed E-state index contributed by atoms with van der Waals surface area (Å²) in [6, 6.07) is 17.1. The van der Waals surface area contributed by atoms with Crippen molar-refractivity contribution in [3.8, 4) is 5.75 Å². The lowest BCUT2D eigenvalue weighted by molar-refractivity contribution is 0.140. The number of amides is 1. The minimum atomic E-state index is -0.601. The van der Waals surface area contributed by atoms with Crippen molar-refractivity contribution in [1.82, 2.24) is 5.43 Å². The second-order valence-electron chi connectivity index (χ2n) is 4.56. The number of rotatable bonds is 6. The van der Waals surface area contributed by atoms with Crippen LogP contribution in [0.25, 0.3) is 0 Å². The van der Waals surface area contributed by atoms with Gasteiger partial charge in [0.05, 0.1) is 6.21 Å². The lowest BCUT2D eigenvalue weighted by Crippen LogP contribution is -2.19. The highest BCUT2D eigenvalue weighted by Gasteiger charge is 2.00. The Kier molecular flexibility index (Phi) is 5.99. The maximum absolute atomic E-state index is 11.4. The number of nitrogens with zero attached hydrogens (tertiary/aromatic N) is 1. The zero-order valence-electron chi connectivity index (χ0n) is 12.4. The van der Waals surface area contributed by atoms with E-state index in [1.54, 1.807) is 0 Å². The molecule has 0 aromatic heterocycles. The van der Waals surface area contributed by atoms with E-state index in [1.165, 1.54) is 6.21 Å². The minimum Gasteiger partial charge on any atom is -0.488 e. The van der Waals surface area contributed by atoms with Gasteiger partial charge in [0.1, 0.15) is 19.0 Å². The lowest BCUT2D eigenvalue weighted by atomic mass is 10.2. The van der Waals surface area contributed by atoms with Gasteiger partial charge in [-0.1, -0.05) is 48.5 Å². The Balaban J connectivity index is 1.65. The Hall–Kier alpha value is -2.82. The SMILES string of the molecule is Cc1ccccc1OC/C=N/NC(=O)OCc1ccccc1. The number of carbonyl (C=O) groups excluding carboxylic acids is 1. The largest absolute Gasteiger partial charge is 0.488 e. The quantitative estimate of drug-likeness (QED) is 0.657. The molecule has 0 bridgehead atoms. The minimum absolute atomic E-state index is 0.210. The van der Waals surface area contributed by atoms with Gasteiger partial charge in [-0.25, -0.2) is 10.2 Å². The van der Waals surface area contributed by atoms with Crippen LogP contribution in [0.1, 0.15) is 11.1 Å². The van der Waals surface area contributed by atoms with Crippen molar-refractivity contribution in [2.45, 2.75) is 13.5 Å². The fraction of sp³-hybridized carbons (Fsp3) is 0.176. The summed E-state index contributed by atoms with van der Waals surface area (Å²) in [4.78, 5) is 11.4. The third-order valence-electron chi connectivity index (χ3n) is 2.87. The zero-order valence-corrected chi connectivity index (χ0v) is 12.4. The standard InChI is InChI=1S/C17H18N2O3/c1-14-7-5-6-10-16(14)21-12-11-18-19-17(20)22-13-15-8-3-2-4-9-15/h2-11H,12-13H2,1H3,(H,19,20)/b18-11+. The van der Waals surface area contributed by atoms with Gasteiger partial charge in [-0.15, -0.1) is 0 Å². The summed E-state index contributed by atoms with van der Waals surface area (Å²) in [5, 5.41) is 3.75. The molecule has 2 aromatic rings. The Morgan fingerprint density at radius 3 is 2.64 bits per heavy atom. The van der Waals surface area contributed by atoms with Gasteiger partial charge in [0.25, 0.3) is 0 Å². The van der Waals surface area contributed by atoms with Crippen molar-refractivity contribution in [3.05, 3.63) is 65.7 Å². The van der Waals surface area contributed by atoms with E-state index in [1.807, 2.05) is 61.5 Å². The smallest absolute Gasteiger partial charge is 0.428 e. The highest BCUT2D eigenvalue weighted by Crippen LogP contribution is 2.15. The number of para-hydroxylation sites is 1. The maximum Gasteiger partial charge on any atom is 0.428 e. The predicted molar refractivity (Wildman–Crippen MR) is 84.9 cm³/mol. The molecule has 0 saturated heterocycles. The highest BCUT2D eigenvalue weighted by molar-refractivity contribution is 5.69. The van der Waals surface area contributed by atoms with Gasteiger partial charge in [0, 0.05) is 0 Å². The molecule has 0 aliphatic rings. The normalized spacial score (nSPS) is 10.4. The third-order valence-corrected chi connectivity index (χ3v) is 2.87. The van der Waals surface area contributed by atoms with Crippen LogP contribution in [0.5, 0.6) is 5.75 Å². The van der Waals surface area contributed by atoms with Crippen molar-refractivity contribution < 1.29 is 14.3 Å². The molecule has 0 saturated carbocycles. The van der Waals surface area contributed by atoms with Crippen molar-refractivity contribution in [1.29, 1.82) is 0 Å². The molecular formula is C17H18N2O3. The summed E-state index contributed by atoms with van der Waals surface area (Å²) in [6.45, 7) is 2.44. The molecule has 0 heterocycles. The average molecular weight is 298 g/mol. The topological polar surface area (TPSA) is 59.9 Å². The van der Waals surface area contributed by atoms with E-state index in [-0.39, 0.29) is 13.2 Å². The molecule has 0 aliphatic heterocycles. The highest BCUT2D eigenvalue weighted by atomic mass is 16.6. The van der Waals surface area contributed by atoms with Gasteiger partial charge >= 0.3 is 6.09 Å². The molecule has 0 aliphatic carbocycles. The van der Waals surface area contributed by atoms with E-state index in [2.05, 4.69) is 10.5 Å². The van der Waals surface area contributed by atoms with Crippen LogP contribution in [0.2, 0.25) is 0 Å². The summed E-state index contributed by atoms with van der Waals surface area (Å²) in [7, 11) is 0. The molecule has 5 nitrogen and oxygen atoms in total. The first kappa shape index (κ1) is 15.6. The van der Waals surface area contributed by atoms with Crippen LogP contribution < -0.4 is 10.2 Å². The number of ether oxygens (including phenoxy) is 2. The van der Waals surface area contributed by atoms with Crippen molar-refractivity contribution >= 4 is 12.3 Å². The average Bonchev–Trinajstić information content (AvgIpc) is 2.55. The molecule has 22 heavy (non-hydrogen) atoms. The van der Waals surface area contributed by atoms with Crippen LogP contribution in [-0.2, 0) is 11.3 Å². The first-order chi connectivity index (χ1) is 10.8. The van der Waals surface area contributed by atoms with Gasteiger partial charge in [0.15, 0.2) is 0 Å². The van der Waals surface area contributed by atoms with Gasteiger partial charge < -0.3 is 9.47 Å². The number of carbonyl (C=O) groups is 1. The first-order valence-electron chi connectivity index (χ1n) is 6.92. The van der Waals surface area contributed by atoms with Crippen LogP contribution in [0, 0.1) is 6.92 Å². The summed E-state index contributed by atoms with van der Waals surface area (Å²) in [5.41, 5.74) is 4.25. The molecular weight excluding hydrogens is 280 g/mol. The predicted octanol–water partition coefficient (Wildman–Crippen LogP) is 3.29. The first-order valence-corrected chi connectivity index (χ1v) is 6.92. The Morgan fingerprint density at radius 2 is 1.86 bits per heavy atom. The van der Waals surface area contributed by atoms with Crippen molar-refractivity contribution in [2.24, 2.45) is 5.10 Å². The molecule has 2 rings (SSSR count). The molecule has 0 fully saturated rings. The van der Waals surface area contributed by atoms with Crippen LogP contribution in [-0.4, -0.2) is 18.9 Å². The number of hydrazone groups is 1. The second kappa shape index (κ2) is 8.46. The molecule has 0 spiro atoms. The van der Waals surface area contributed by atoms with Crippen LogP contribution in [0.3, 0.4) is 0 Å². The molecule has 5 heteroatoms. The number of aryl methyl sites for hydroxylation is 1. The van der Waals surface area contributed by atoms with Crippen LogP contribution in [0.15, 0.2) is 59.7 Å². The Morgan fingerprint density at radius 1 is 1.14 bits per heavy atom. The van der Waals surface area contributed by atoms with Crippen LogP contribution in [0.4, 0.5) is 4.79 Å². The summed E-state index contributed by atoms with van der Waals surface area (Å²) < 4.78 is 10.5. The van der Waals surface area contributed by atoms with Crippen LogP contribution >= 0.6 is 0 Å². The summed E-state index contributed by atoms with van der Waals surface area (Å²) in [5.74, 6) is 0.792. The summed E-state index contributed by atoms with van der Waals surface area (Å²) >= 11 is 0. The Labute approximate surface area is 129 Å². The van der Waals surface area contributed by atoms with Gasteiger partial charge in [0.2, 0.25) is 0 Å². The van der Waals surface area contributed by atoms with E-state index in [4.69, 9.17) is 9.47 Å². The molecule has 1 N–H and O–H groups in total. The fourth-order valence-electron chi connectivity index (χ4n) is 1.74. The molecule has 1 amide bonds. The van der Waals surface area contributed by atoms with Gasteiger partial charge in [-0.2, -0.15) is 5.10 Å². The molecule has 2 aromatic carbocycles. The number of hydrogen-bond acceptors (Lipinski definition) is 4. The maximum atomic E-state index is 11.4. The van der Waals surface area contributed by atoms with E-state index in [9.17, 15) is 4.79 Å². The summed E-state index contributed by atoms with van der Waals surface area (Å²) in [6.07, 6.45) is 0.868. The van der Waals surface area contributed by atoms with E-state index < -0.39 is 6.09 Å². The molecule has 114 valence electrons. The number of benzene rings is 2. The van der Waals surface area contributed by atoms with Crippen molar-refractivity contribution in [2.75, 3.05) is 6.61 Å². The molecule has 0 atom stereocenters. The molecule has 0 radical (unpaired) electrons. The number of nitrogens with one attached hydrogen (secondary N) is 1. The fourth-order valence-corrected chi connectivity index (χ4v) is 1.74. The van der Waals surface area contributed by atoms with Crippen molar-refractivity contribution in [3.63, 3.8) is 0 Å². The van der Waals surface area contributed by atoms with E-state index in [0.29, 0.717) is 0 Å².